The van der Waals surface area contributed by atoms with Crippen LogP contribution in [0.15, 0.2) is 12.7 Å². The van der Waals surface area contributed by atoms with Crippen LogP contribution in [0.1, 0.15) is 0 Å². The summed E-state index contributed by atoms with van der Waals surface area (Å²) < 4.78 is 4.61. The third-order valence-corrected chi connectivity index (χ3v) is 1.59. The predicted molar refractivity (Wildman–Crippen MR) is 40.9 cm³/mol. The summed E-state index contributed by atoms with van der Waals surface area (Å²) in [5.74, 6) is -0.477. The Balaban J connectivity index is 3.55. The van der Waals surface area contributed by atoms with Gasteiger partial charge < -0.3 is 9.53 Å². The quantitative estimate of drug-likeness (QED) is 0.370. The van der Waals surface area contributed by atoms with E-state index in [1.54, 1.807) is 13.1 Å². The monoisotopic (exact) mass is 160 g/mol. The minimum atomic E-state index is -2.23. The molecule has 0 bridgehead atoms. The lowest BCUT2D eigenvalue weighted by Gasteiger charge is -2.12. The maximum Gasteiger partial charge on any atom is 0.329 e. The normalized spacial score (nSPS) is 10.7. The van der Waals surface area contributed by atoms with Crippen molar-refractivity contribution in [2.24, 2.45) is 0 Å². The molecule has 0 aromatic carbocycles. The highest BCUT2D eigenvalue weighted by atomic mass is 28.4. The fourth-order valence-electron chi connectivity index (χ4n) is 0.307. The Morgan fingerprint density at radius 3 is 2.60 bits per heavy atom. The second-order valence-electron chi connectivity index (χ2n) is 2.62. The van der Waals surface area contributed by atoms with Gasteiger partial charge in [0.05, 0.1) is 0 Å². The molecule has 3 nitrogen and oxygen atoms in total. The first kappa shape index (κ1) is 9.39. The number of carbonyl (C=O) groups excluding carboxylic acids is 1. The van der Waals surface area contributed by atoms with Crippen LogP contribution in [-0.2, 0) is 9.53 Å². The molecule has 1 N–H and O–H groups in total. The number of rotatable bonds is 3. The fourth-order valence-corrected chi connectivity index (χ4v) is 0.802. The summed E-state index contributed by atoms with van der Waals surface area (Å²) in [6, 6.07) is 0. The maximum atomic E-state index is 10.4. The lowest BCUT2D eigenvalue weighted by atomic mass is 10.7. The van der Waals surface area contributed by atoms with Gasteiger partial charge in [0, 0.05) is 6.08 Å². The van der Waals surface area contributed by atoms with E-state index in [9.17, 15) is 9.59 Å². The second kappa shape index (κ2) is 3.53. The third-order valence-electron chi connectivity index (χ3n) is 0.734. The van der Waals surface area contributed by atoms with Crippen molar-refractivity contribution in [2.45, 2.75) is 13.1 Å². The minimum Gasteiger partial charge on any atom is -0.463 e. The average Bonchev–Trinajstić information content (AvgIpc) is 1.81. The van der Waals surface area contributed by atoms with E-state index < -0.39 is 14.3 Å². The van der Waals surface area contributed by atoms with Crippen LogP contribution in [0.2, 0.25) is 13.1 Å². The predicted octanol–water partition coefficient (Wildman–Crippen LogP) is 0.452. The third kappa shape index (κ3) is 5.52. The lowest BCUT2D eigenvalue weighted by Crippen LogP contribution is -2.33. The molecule has 0 amide bonds. The van der Waals surface area contributed by atoms with Crippen LogP contribution in [0.3, 0.4) is 0 Å². The van der Waals surface area contributed by atoms with Crippen molar-refractivity contribution in [3.63, 3.8) is 0 Å². The van der Waals surface area contributed by atoms with Crippen molar-refractivity contribution < 1.29 is 14.3 Å². The Labute approximate surface area is 61.4 Å². The summed E-state index contributed by atoms with van der Waals surface area (Å²) in [4.78, 5) is 19.6. The lowest BCUT2D eigenvalue weighted by molar-refractivity contribution is -0.136. The van der Waals surface area contributed by atoms with Crippen LogP contribution in [0.5, 0.6) is 0 Å². The summed E-state index contributed by atoms with van der Waals surface area (Å²) in [5, 5.41) is 0. The highest BCUT2D eigenvalue weighted by Gasteiger charge is 2.18. The number of esters is 1. The van der Waals surface area contributed by atoms with Gasteiger partial charge in [0.2, 0.25) is 8.32 Å². The molecule has 0 saturated carbocycles. The topological polar surface area (TPSA) is 46.5 Å². The Bertz CT molecular complexity index is 136. The van der Waals surface area contributed by atoms with Gasteiger partial charge in [-0.1, -0.05) is 6.58 Å². The maximum absolute atomic E-state index is 10.4. The molecule has 0 atom stereocenters. The highest BCUT2D eigenvalue weighted by Crippen LogP contribution is 1.96. The van der Waals surface area contributed by atoms with Crippen LogP contribution >= 0.6 is 0 Å². The zero-order valence-corrected chi connectivity index (χ0v) is 7.26. The van der Waals surface area contributed by atoms with E-state index in [-0.39, 0.29) is 6.23 Å². The molecule has 4 heteroatoms. The van der Waals surface area contributed by atoms with Crippen LogP contribution in [0.4, 0.5) is 0 Å². The Kier molecular flexibility index (Phi) is 3.31. The first-order chi connectivity index (χ1) is 4.45. The number of carbonyl (C=O) groups is 1. The van der Waals surface area contributed by atoms with E-state index in [1.807, 2.05) is 0 Å². The molecule has 0 aromatic heterocycles. The summed E-state index contributed by atoms with van der Waals surface area (Å²) >= 11 is 0. The molecule has 0 aliphatic rings. The second-order valence-corrected chi connectivity index (χ2v) is 6.54. The molecule has 0 heterocycles. The van der Waals surface area contributed by atoms with Crippen molar-refractivity contribution in [3.8, 4) is 0 Å². The molecule has 0 aromatic rings. The fraction of sp³-hybridized carbons (Fsp3) is 0.500. The first-order valence-corrected chi connectivity index (χ1v) is 6.13. The van der Waals surface area contributed by atoms with E-state index in [2.05, 4.69) is 11.3 Å². The van der Waals surface area contributed by atoms with Crippen LogP contribution in [0, 0.1) is 0 Å². The molecule has 0 saturated heterocycles. The Morgan fingerprint density at radius 2 is 2.30 bits per heavy atom. The van der Waals surface area contributed by atoms with Gasteiger partial charge in [0.15, 0.2) is 0 Å². The average molecular weight is 160 g/mol. The van der Waals surface area contributed by atoms with Gasteiger partial charge >= 0.3 is 5.97 Å². The largest absolute Gasteiger partial charge is 0.463 e. The number of ether oxygens (including phenoxy) is 1. The number of hydrogen-bond donors (Lipinski definition) is 1. The number of hydrogen-bond acceptors (Lipinski definition) is 3. The summed E-state index contributed by atoms with van der Waals surface area (Å²) in [7, 11) is -2.23. The van der Waals surface area contributed by atoms with E-state index >= 15 is 0 Å². The van der Waals surface area contributed by atoms with E-state index in [0.717, 1.165) is 6.08 Å². The van der Waals surface area contributed by atoms with Gasteiger partial charge in [-0.25, -0.2) is 4.79 Å². The summed E-state index contributed by atoms with van der Waals surface area (Å²) in [6.45, 7) is 6.62. The van der Waals surface area contributed by atoms with E-state index in [1.165, 1.54) is 0 Å². The molecule has 10 heavy (non-hydrogen) atoms. The van der Waals surface area contributed by atoms with E-state index in [4.69, 9.17) is 0 Å². The highest BCUT2D eigenvalue weighted by molar-refractivity contribution is 6.69. The summed E-state index contributed by atoms with van der Waals surface area (Å²) in [5.41, 5.74) is 0. The molecule has 0 aliphatic heterocycles. The SMILES string of the molecule is C=CC(=O)OC[Si](C)(C)O. The standard InChI is InChI=1S/C6H12O3Si/c1-4-6(7)9-5-10(2,3)8/h4,8H,1,5H2,2-3H3. The van der Waals surface area contributed by atoms with Gasteiger partial charge in [0.1, 0.15) is 6.23 Å². The molecular weight excluding hydrogens is 148 g/mol. The molecule has 0 aliphatic carbocycles. The zero-order chi connectivity index (χ0) is 8.20. The van der Waals surface area contributed by atoms with E-state index in [0.29, 0.717) is 0 Å². The van der Waals surface area contributed by atoms with Crippen molar-refractivity contribution in [1.29, 1.82) is 0 Å². The molecule has 58 valence electrons. The first-order valence-electron chi connectivity index (χ1n) is 2.97. The molecular formula is C6H12O3Si. The molecule has 0 unspecified atom stereocenters. The van der Waals surface area contributed by atoms with Crippen LogP contribution in [0.25, 0.3) is 0 Å². The molecule has 0 fully saturated rings. The van der Waals surface area contributed by atoms with Gasteiger partial charge in [-0.2, -0.15) is 0 Å². The Hall–Kier alpha value is -0.613. The molecule has 0 radical (unpaired) electrons. The van der Waals surface area contributed by atoms with Crippen molar-refractivity contribution in [2.75, 3.05) is 6.23 Å². The smallest absolute Gasteiger partial charge is 0.329 e. The van der Waals surface area contributed by atoms with Gasteiger partial charge in [-0.3, -0.25) is 0 Å². The molecule has 0 spiro atoms. The zero-order valence-electron chi connectivity index (χ0n) is 6.26. The van der Waals surface area contributed by atoms with Gasteiger partial charge in [-0.15, -0.1) is 0 Å². The van der Waals surface area contributed by atoms with Crippen molar-refractivity contribution in [3.05, 3.63) is 12.7 Å². The summed E-state index contributed by atoms with van der Waals surface area (Å²) in [6.07, 6.45) is 1.22. The van der Waals surface area contributed by atoms with Gasteiger partial charge in [-0.05, 0) is 13.1 Å². The Morgan fingerprint density at radius 1 is 1.80 bits per heavy atom. The van der Waals surface area contributed by atoms with Crippen molar-refractivity contribution >= 4 is 14.3 Å². The van der Waals surface area contributed by atoms with Gasteiger partial charge in [0.25, 0.3) is 0 Å². The molecule has 0 rings (SSSR count). The minimum absolute atomic E-state index is 0.137. The van der Waals surface area contributed by atoms with Crippen LogP contribution < -0.4 is 0 Å². The van der Waals surface area contributed by atoms with Crippen LogP contribution in [-0.4, -0.2) is 25.3 Å². The van der Waals surface area contributed by atoms with Crippen molar-refractivity contribution in [1.82, 2.24) is 0 Å².